The molecule has 0 saturated heterocycles. The lowest BCUT2D eigenvalue weighted by Gasteiger charge is -2.32. The van der Waals surface area contributed by atoms with Gasteiger partial charge in [-0.1, -0.05) is 86.0 Å². The molecule has 0 spiro atoms. The predicted molar refractivity (Wildman–Crippen MR) is 87.1 cm³/mol. The second kappa shape index (κ2) is 12.1. The van der Waals surface area contributed by atoms with E-state index in [0.29, 0.717) is 0 Å². The second-order valence-electron chi connectivity index (χ2n) is 5.77. The highest BCUT2D eigenvalue weighted by molar-refractivity contribution is 4.77. The zero-order chi connectivity index (χ0) is 13.8. The van der Waals surface area contributed by atoms with Crippen LogP contribution in [0, 0.1) is 17.8 Å². The molecule has 0 amide bonds. The van der Waals surface area contributed by atoms with Gasteiger partial charge in [0.1, 0.15) is 0 Å². The van der Waals surface area contributed by atoms with Crippen molar-refractivity contribution in [3.63, 3.8) is 0 Å². The molecule has 0 atom stereocenters. The minimum Gasteiger partial charge on any atom is -0.0683 e. The number of rotatable bonds is 1. The minimum absolute atomic E-state index is 0. The molecule has 0 aliphatic heterocycles. The van der Waals surface area contributed by atoms with Crippen LogP contribution in [-0.4, -0.2) is 0 Å². The maximum atomic E-state index is 2.43. The summed E-state index contributed by atoms with van der Waals surface area (Å²) in [5, 5.41) is 0. The van der Waals surface area contributed by atoms with Gasteiger partial charge in [0, 0.05) is 1.43 Å². The molecule has 2 saturated carbocycles. The van der Waals surface area contributed by atoms with E-state index in [2.05, 4.69) is 6.92 Å². The lowest BCUT2D eigenvalue weighted by molar-refractivity contribution is 0.196. The molecule has 2 fully saturated rings. The Labute approximate surface area is 118 Å². The summed E-state index contributed by atoms with van der Waals surface area (Å²) in [7, 11) is 0. The van der Waals surface area contributed by atoms with Crippen LogP contribution in [0.1, 0.15) is 100 Å². The SMILES string of the molecule is CC.CC.CC1CCC(C2CCCCCC2)CC1.[HH]. The van der Waals surface area contributed by atoms with Crippen LogP contribution in [0.4, 0.5) is 0 Å². The summed E-state index contributed by atoms with van der Waals surface area (Å²) in [4.78, 5) is 0. The first-order valence-corrected chi connectivity index (χ1v) is 8.86. The van der Waals surface area contributed by atoms with E-state index in [4.69, 9.17) is 0 Å². The van der Waals surface area contributed by atoms with E-state index in [1.54, 1.807) is 25.7 Å². The monoisotopic (exact) mass is 256 g/mol. The zero-order valence-corrected chi connectivity index (χ0v) is 13.8. The van der Waals surface area contributed by atoms with Gasteiger partial charge in [0.05, 0.1) is 0 Å². The Balaban J connectivity index is 0. The van der Waals surface area contributed by atoms with Crippen molar-refractivity contribution in [1.82, 2.24) is 0 Å². The molecule has 18 heavy (non-hydrogen) atoms. The van der Waals surface area contributed by atoms with Crippen LogP contribution in [0.25, 0.3) is 0 Å². The molecular formula is C18H40. The van der Waals surface area contributed by atoms with E-state index in [1.807, 2.05) is 27.7 Å². The normalized spacial score (nSPS) is 29.2. The van der Waals surface area contributed by atoms with Gasteiger partial charge in [-0.05, 0) is 30.6 Å². The van der Waals surface area contributed by atoms with Crippen LogP contribution in [0.5, 0.6) is 0 Å². The summed E-state index contributed by atoms with van der Waals surface area (Å²) in [6, 6.07) is 0. The van der Waals surface area contributed by atoms with E-state index in [0.717, 1.165) is 17.8 Å². The van der Waals surface area contributed by atoms with Gasteiger partial charge in [0.2, 0.25) is 0 Å². The van der Waals surface area contributed by atoms with Gasteiger partial charge in [0.15, 0.2) is 0 Å². The van der Waals surface area contributed by atoms with Crippen molar-refractivity contribution in [1.29, 1.82) is 0 Å². The average molecular weight is 257 g/mol. The van der Waals surface area contributed by atoms with Gasteiger partial charge >= 0.3 is 0 Å². The maximum Gasteiger partial charge on any atom is 0 e. The van der Waals surface area contributed by atoms with Crippen molar-refractivity contribution < 1.29 is 1.43 Å². The fraction of sp³-hybridized carbons (Fsp3) is 1.00. The summed E-state index contributed by atoms with van der Waals surface area (Å²) in [5.41, 5.74) is 0. The average Bonchev–Trinajstić information content (AvgIpc) is 2.73. The van der Waals surface area contributed by atoms with Gasteiger partial charge in [-0.3, -0.25) is 0 Å². The highest BCUT2D eigenvalue weighted by Crippen LogP contribution is 2.38. The lowest BCUT2D eigenvalue weighted by atomic mass is 9.74. The Bertz CT molecular complexity index is 151. The van der Waals surface area contributed by atoms with Crippen LogP contribution in [-0.2, 0) is 0 Å². The topological polar surface area (TPSA) is 0 Å². The standard InChI is InChI=1S/C14H26.2C2H6.H2/c1-12-8-10-14(11-9-12)13-6-4-2-3-5-7-13;2*1-2;/h12-14H,2-11H2,1H3;2*1-2H3;1H. The lowest BCUT2D eigenvalue weighted by Crippen LogP contribution is -2.20. The third-order valence-corrected chi connectivity index (χ3v) is 4.63. The molecule has 0 heterocycles. The second-order valence-corrected chi connectivity index (χ2v) is 5.77. The molecule has 2 rings (SSSR count). The van der Waals surface area contributed by atoms with Crippen molar-refractivity contribution in [3.8, 4) is 0 Å². The summed E-state index contributed by atoms with van der Waals surface area (Å²) in [6.07, 6.45) is 15.3. The smallest absolute Gasteiger partial charge is 0 e. The van der Waals surface area contributed by atoms with E-state index >= 15 is 0 Å². The Morgan fingerprint density at radius 2 is 0.944 bits per heavy atom. The highest BCUT2D eigenvalue weighted by atomic mass is 14.3. The Morgan fingerprint density at radius 3 is 1.39 bits per heavy atom. The molecule has 2 aliphatic rings. The molecule has 0 aromatic carbocycles. The molecule has 0 aromatic rings. The summed E-state index contributed by atoms with van der Waals surface area (Å²) in [5.74, 6) is 3.26. The molecule has 0 N–H and O–H groups in total. The third-order valence-electron chi connectivity index (χ3n) is 4.63. The fourth-order valence-electron chi connectivity index (χ4n) is 3.54. The van der Waals surface area contributed by atoms with Gasteiger partial charge < -0.3 is 0 Å². The molecule has 2 aliphatic carbocycles. The maximum absolute atomic E-state index is 2.43. The highest BCUT2D eigenvalue weighted by Gasteiger charge is 2.26. The van der Waals surface area contributed by atoms with E-state index < -0.39 is 0 Å². The molecule has 0 unspecified atom stereocenters. The predicted octanol–water partition coefficient (Wildman–Crippen LogP) is 7.08. The summed E-state index contributed by atoms with van der Waals surface area (Å²) in [6.45, 7) is 10.4. The first kappa shape index (κ1) is 18.0. The Hall–Kier alpha value is 0. The molecule has 0 bridgehead atoms. The number of hydrogen-bond donors (Lipinski definition) is 0. The van der Waals surface area contributed by atoms with Crippen LogP contribution in [0.2, 0.25) is 0 Å². The first-order chi connectivity index (χ1) is 8.86. The quantitative estimate of drug-likeness (QED) is 0.440. The third kappa shape index (κ3) is 6.81. The molecule has 0 aromatic heterocycles. The van der Waals surface area contributed by atoms with Gasteiger partial charge in [-0.2, -0.15) is 0 Å². The molecule has 0 heteroatoms. The summed E-state index contributed by atoms with van der Waals surface area (Å²) < 4.78 is 0. The minimum atomic E-state index is 0. The molecular weight excluding hydrogens is 216 g/mol. The van der Waals surface area contributed by atoms with Gasteiger partial charge in [-0.15, -0.1) is 0 Å². The van der Waals surface area contributed by atoms with Crippen molar-refractivity contribution >= 4 is 0 Å². The molecule has 0 nitrogen and oxygen atoms in total. The van der Waals surface area contributed by atoms with E-state index in [9.17, 15) is 0 Å². The summed E-state index contributed by atoms with van der Waals surface area (Å²) >= 11 is 0. The molecule has 112 valence electrons. The first-order valence-electron chi connectivity index (χ1n) is 8.86. The zero-order valence-electron chi connectivity index (χ0n) is 13.8. The van der Waals surface area contributed by atoms with Crippen LogP contribution in [0.3, 0.4) is 0 Å². The van der Waals surface area contributed by atoms with Crippen molar-refractivity contribution in [2.75, 3.05) is 0 Å². The van der Waals surface area contributed by atoms with Crippen LogP contribution in [0.15, 0.2) is 0 Å². The van der Waals surface area contributed by atoms with E-state index in [-0.39, 0.29) is 1.43 Å². The van der Waals surface area contributed by atoms with Gasteiger partial charge in [0.25, 0.3) is 0 Å². The fourth-order valence-corrected chi connectivity index (χ4v) is 3.54. The van der Waals surface area contributed by atoms with Crippen molar-refractivity contribution in [2.45, 2.75) is 98.8 Å². The van der Waals surface area contributed by atoms with Crippen molar-refractivity contribution in [3.05, 3.63) is 0 Å². The molecule has 0 radical (unpaired) electrons. The number of hydrogen-bond acceptors (Lipinski definition) is 0. The van der Waals surface area contributed by atoms with E-state index in [1.165, 1.54) is 38.5 Å². The largest absolute Gasteiger partial charge is 0.0683 e. The van der Waals surface area contributed by atoms with Crippen LogP contribution >= 0.6 is 0 Å². The van der Waals surface area contributed by atoms with Crippen LogP contribution < -0.4 is 0 Å². The van der Waals surface area contributed by atoms with Gasteiger partial charge in [-0.25, -0.2) is 0 Å². The Kier molecular flexibility index (Phi) is 12.1. The Morgan fingerprint density at radius 1 is 0.556 bits per heavy atom. The van der Waals surface area contributed by atoms with Crippen molar-refractivity contribution in [2.24, 2.45) is 17.8 Å².